The van der Waals surface area contributed by atoms with Crippen molar-refractivity contribution in [3.8, 4) is 11.5 Å². The van der Waals surface area contributed by atoms with E-state index >= 15 is 0 Å². The molecule has 0 N–H and O–H groups in total. The van der Waals surface area contributed by atoms with Gasteiger partial charge in [0.15, 0.2) is 11.5 Å². The SMILES string of the molecule is COc1c(OCc2ccccc2)ccc2c1C1(C)CCCC(C)(C)C1C2. The van der Waals surface area contributed by atoms with Gasteiger partial charge in [-0.25, -0.2) is 0 Å². The first-order chi connectivity index (χ1) is 12.5. The van der Waals surface area contributed by atoms with Crippen molar-refractivity contribution in [3.63, 3.8) is 0 Å². The van der Waals surface area contributed by atoms with E-state index in [2.05, 4.69) is 45.0 Å². The fourth-order valence-electron chi connectivity index (χ4n) is 5.59. The number of ether oxygens (including phenoxy) is 2. The fraction of sp³-hybridized carbons (Fsp3) is 0.500. The van der Waals surface area contributed by atoms with Gasteiger partial charge in [-0.15, -0.1) is 0 Å². The lowest BCUT2D eigenvalue weighted by Crippen LogP contribution is -2.42. The van der Waals surface area contributed by atoms with Gasteiger partial charge < -0.3 is 9.47 Å². The van der Waals surface area contributed by atoms with Gasteiger partial charge in [-0.1, -0.05) is 63.6 Å². The molecule has 2 aromatic rings. The second-order valence-electron chi connectivity index (χ2n) is 8.92. The number of methoxy groups -OCH3 is 1. The highest BCUT2D eigenvalue weighted by atomic mass is 16.5. The number of rotatable bonds is 4. The van der Waals surface area contributed by atoms with Gasteiger partial charge in [-0.2, -0.15) is 0 Å². The highest BCUT2D eigenvalue weighted by molar-refractivity contribution is 5.57. The highest BCUT2D eigenvalue weighted by Gasteiger charge is 2.53. The summed E-state index contributed by atoms with van der Waals surface area (Å²) in [6, 6.07) is 14.7. The Kier molecular flexibility index (Phi) is 4.25. The molecule has 138 valence electrons. The monoisotopic (exact) mass is 350 g/mol. The van der Waals surface area contributed by atoms with Gasteiger partial charge in [0, 0.05) is 11.0 Å². The maximum Gasteiger partial charge on any atom is 0.164 e. The molecule has 26 heavy (non-hydrogen) atoms. The van der Waals surface area contributed by atoms with Gasteiger partial charge in [-0.05, 0) is 47.8 Å². The lowest BCUT2D eigenvalue weighted by Gasteiger charge is -2.48. The summed E-state index contributed by atoms with van der Waals surface area (Å²) in [5, 5.41) is 0. The number of benzene rings is 2. The maximum atomic E-state index is 6.19. The van der Waals surface area contributed by atoms with Gasteiger partial charge >= 0.3 is 0 Å². The van der Waals surface area contributed by atoms with Crippen LogP contribution >= 0.6 is 0 Å². The van der Waals surface area contributed by atoms with Gasteiger partial charge in [0.2, 0.25) is 0 Å². The van der Waals surface area contributed by atoms with E-state index < -0.39 is 0 Å². The van der Waals surface area contributed by atoms with E-state index in [-0.39, 0.29) is 5.41 Å². The fourth-order valence-corrected chi connectivity index (χ4v) is 5.59. The molecule has 2 unspecified atom stereocenters. The summed E-state index contributed by atoms with van der Waals surface area (Å²) in [5.74, 6) is 2.51. The third-order valence-electron chi connectivity index (χ3n) is 6.87. The minimum Gasteiger partial charge on any atom is -0.493 e. The predicted molar refractivity (Wildman–Crippen MR) is 106 cm³/mol. The molecular formula is C24H30O2. The zero-order chi connectivity index (χ0) is 18.4. The molecule has 0 amide bonds. The van der Waals surface area contributed by atoms with Crippen molar-refractivity contribution >= 4 is 0 Å². The molecule has 0 saturated heterocycles. The lowest BCUT2D eigenvalue weighted by atomic mass is 9.57. The molecule has 1 fully saturated rings. The number of hydrogen-bond donors (Lipinski definition) is 0. The molecule has 0 heterocycles. The van der Waals surface area contributed by atoms with Crippen LogP contribution in [0, 0.1) is 11.3 Å². The average molecular weight is 351 g/mol. The van der Waals surface area contributed by atoms with E-state index in [9.17, 15) is 0 Å². The van der Waals surface area contributed by atoms with Crippen LogP contribution in [0.1, 0.15) is 56.7 Å². The highest BCUT2D eigenvalue weighted by Crippen LogP contribution is 2.61. The lowest BCUT2D eigenvalue weighted by molar-refractivity contribution is 0.0689. The molecule has 2 atom stereocenters. The third kappa shape index (κ3) is 2.71. The molecule has 2 aromatic carbocycles. The largest absolute Gasteiger partial charge is 0.493 e. The summed E-state index contributed by atoms with van der Waals surface area (Å²) in [6.45, 7) is 7.91. The van der Waals surface area contributed by atoms with Crippen LogP contribution in [0.2, 0.25) is 0 Å². The van der Waals surface area contributed by atoms with Crippen LogP contribution < -0.4 is 9.47 Å². The minimum absolute atomic E-state index is 0.189. The quantitative estimate of drug-likeness (QED) is 0.682. The van der Waals surface area contributed by atoms with Crippen molar-refractivity contribution in [1.82, 2.24) is 0 Å². The molecule has 0 aromatic heterocycles. The molecule has 2 heteroatoms. The van der Waals surface area contributed by atoms with Crippen molar-refractivity contribution in [2.45, 2.75) is 58.5 Å². The van der Waals surface area contributed by atoms with Crippen molar-refractivity contribution in [2.24, 2.45) is 11.3 Å². The Balaban J connectivity index is 1.70. The number of hydrogen-bond acceptors (Lipinski definition) is 2. The van der Waals surface area contributed by atoms with Crippen LogP contribution in [0.25, 0.3) is 0 Å². The number of fused-ring (bicyclic) bond motifs is 3. The van der Waals surface area contributed by atoms with Gasteiger partial charge in [0.05, 0.1) is 7.11 Å². The summed E-state index contributed by atoms with van der Waals surface area (Å²) in [5.41, 5.74) is 4.61. The summed E-state index contributed by atoms with van der Waals surface area (Å²) >= 11 is 0. The average Bonchev–Trinajstić information content (AvgIpc) is 2.95. The molecule has 0 aliphatic heterocycles. The Morgan fingerprint density at radius 2 is 1.77 bits per heavy atom. The van der Waals surface area contributed by atoms with Crippen molar-refractivity contribution in [3.05, 3.63) is 59.2 Å². The second kappa shape index (κ2) is 6.33. The predicted octanol–water partition coefficient (Wildman–Crippen LogP) is 5.91. The normalized spacial score (nSPS) is 26.1. The maximum absolute atomic E-state index is 6.19. The molecule has 2 aliphatic carbocycles. The molecule has 2 nitrogen and oxygen atoms in total. The Morgan fingerprint density at radius 3 is 2.50 bits per heavy atom. The van der Waals surface area contributed by atoms with Crippen LogP contribution in [0.5, 0.6) is 11.5 Å². The Hall–Kier alpha value is -1.96. The molecule has 1 saturated carbocycles. The van der Waals surface area contributed by atoms with Crippen LogP contribution in [0.15, 0.2) is 42.5 Å². The van der Waals surface area contributed by atoms with Gasteiger partial charge in [0.1, 0.15) is 6.61 Å². The van der Waals surface area contributed by atoms with E-state index in [1.165, 1.54) is 36.0 Å². The van der Waals surface area contributed by atoms with E-state index in [0.29, 0.717) is 17.9 Å². The summed E-state index contributed by atoms with van der Waals surface area (Å²) in [7, 11) is 1.79. The first-order valence-electron chi connectivity index (χ1n) is 9.83. The summed E-state index contributed by atoms with van der Waals surface area (Å²) < 4.78 is 12.1. The molecule has 0 spiro atoms. The van der Waals surface area contributed by atoms with Crippen LogP contribution in [-0.4, -0.2) is 7.11 Å². The van der Waals surface area contributed by atoms with Crippen molar-refractivity contribution < 1.29 is 9.47 Å². The Morgan fingerprint density at radius 1 is 1.00 bits per heavy atom. The topological polar surface area (TPSA) is 18.5 Å². The second-order valence-corrected chi connectivity index (χ2v) is 8.92. The first kappa shape index (κ1) is 17.5. The van der Waals surface area contributed by atoms with Gasteiger partial charge in [-0.3, -0.25) is 0 Å². The zero-order valence-corrected chi connectivity index (χ0v) is 16.5. The minimum atomic E-state index is 0.189. The van der Waals surface area contributed by atoms with Crippen LogP contribution in [0.4, 0.5) is 0 Å². The third-order valence-corrected chi connectivity index (χ3v) is 6.87. The standard InChI is InChI=1S/C24H30O2/c1-23(2)13-8-14-24(3)20(23)15-18-11-12-19(22(25-4)21(18)24)26-16-17-9-6-5-7-10-17/h5-7,9-12,20H,8,13-16H2,1-4H3. The summed E-state index contributed by atoms with van der Waals surface area (Å²) in [4.78, 5) is 0. The molecule has 4 rings (SSSR count). The molecule has 0 bridgehead atoms. The van der Waals surface area contributed by atoms with Crippen LogP contribution in [-0.2, 0) is 18.4 Å². The van der Waals surface area contributed by atoms with Gasteiger partial charge in [0.25, 0.3) is 0 Å². The van der Waals surface area contributed by atoms with E-state index in [0.717, 1.165) is 17.9 Å². The molecule has 2 aliphatic rings. The summed E-state index contributed by atoms with van der Waals surface area (Å²) in [6.07, 6.45) is 5.01. The van der Waals surface area contributed by atoms with E-state index in [4.69, 9.17) is 9.47 Å². The zero-order valence-electron chi connectivity index (χ0n) is 16.5. The van der Waals surface area contributed by atoms with Crippen LogP contribution in [0.3, 0.4) is 0 Å². The van der Waals surface area contributed by atoms with E-state index in [1.54, 1.807) is 7.11 Å². The smallest absolute Gasteiger partial charge is 0.164 e. The van der Waals surface area contributed by atoms with E-state index in [1.807, 2.05) is 18.2 Å². The first-order valence-corrected chi connectivity index (χ1v) is 9.83. The Labute approximate surface area is 157 Å². The Bertz CT molecular complexity index is 793. The van der Waals surface area contributed by atoms with Crippen molar-refractivity contribution in [2.75, 3.05) is 7.11 Å². The molecule has 0 radical (unpaired) electrons. The molecular weight excluding hydrogens is 320 g/mol. The van der Waals surface area contributed by atoms with Crippen molar-refractivity contribution in [1.29, 1.82) is 0 Å².